The van der Waals surface area contributed by atoms with Gasteiger partial charge in [-0.15, -0.1) is 0 Å². The molecule has 1 fully saturated rings. The maximum absolute atomic E-state index is 12.8. The van der Waals surface area contributed by atoms with E-state index in [4.69, 9.17) is 0 Å². The van der Waals surface area contributed by atoms with Gasteiger partial charge in [-0.2, -0.15) is 0 Å². The van der Waals surface area contributed by atoms with Crippen molar-refractivity contribution in [3.05, 3.63) is 76.5 Å². The molecule has 1 atom stereocenters. The van der Waals surface area contributed by atoms with E-state index in [2.05, 4.69) is 27.8 Å². The molecular weight excluding hydrogens is 418 g/mol. The molecule has 1 saturated heterocycles. The number of nitrogens with one attached hydrogen (secondary N) is 4. The Hall–Kier alpha value is -3.65. The van der Waals surface area contributed by atoms with E-state index in [-0.39, 0.29) is 17.8 Å². The molecule has 8 nitrogen and oxygen atoms in total. The Morgan fingerprint density at radius 1 is 1.09 bits per heavy atom. The molecule has 0 saturated carbocycles. The second-order valence-electron chi connectivity index (χ2n) is 8.79. The van der Waals surface area contributed by atoms with Gasteiger partial charge < -0.3 is 26.2 Å². The molecule has 0 aromatic heterocycles. The van der Waals surface area contributed by atoms with Crippen LogP contribution in [-0.2, 0) is 30.8 Å². The molecule has 4 N–H and O–H groups in total. The number of piperidine rings is 1. The van der Waals surface area contributed by atoms with Crippen LogP contribution < -0.4 is 21.3 Å². The molecule has 3 aliphatic heterocycles. The lowest BCUT2D eigenvalue weighted by Gasteiger charge is -2.30. The summed E-state index contributed by atoms with van der Waals surface area (Å²) < 4.78 is 0. The summed E-state index contributed by atoms with van der Waals surface area (Å²) in [5, 5.41) is 11.9. The van der Waals surface area contributed by atoms with Gasteiger partial charge in [-0.05, 0) is 66.3 Å². The zero-order valence-corrected chi connectivity index (χ0v) is 18.4. The first kappa shape index (κ1) is 21.2. The lowest BCUT2D eigenvalue weighted by Crippen LogP contribution is -2.49. The highest BCUT2D eigenvalue weighted by Gasteiger charge is 2.38. The number of hydrogen-bond acceptors (Lipinski definition) is 4. The van der Waals surface area contributed by atoms with Crippen molar-refractivity contribution in [1.82, 2.24) is 20.9 Å². The first-order valence-corrected chi connectivity index (χ1v) is 11.3. The lowest BCUT2D eigenvalue weighted by atomic mass is 10.0. The Morgan fingerprint density at radius 2 is 1.97 bits per heavy atom. The van der Waals surface area contributed by atoms with Crippen molar-refractivity contribution in [3.63, 3.8) is 0 Å². The van der Waals surface area contributed by atoms with Crippen molar-refractivity contribution >= 4 is 23.5 Å². The standard InChI is InChI=1S/C25H27N5O3/c1-15-2-7-22(23(31)28-15)30-14-19-10-16(3-6-21(19)24(30)32)12-27-25(33)29-20-5-4-18-13-26-9-8-17(18)11-20/h3-6,10-11,22,26H,1-2,7-9,12-14H2,(H,28,31)(H2,27,29,33). The van der Waals surface area contributed by atoms with Crippen LogP contribution in [-0.4, -0.2) is 35.3 Å². The summed E-state index contributed by atoms with van der Waals surface area (Å²) in [7, 11) is 0. The molecule has 1 unspecified atom stereocenters. The quantitative estimate of drug-likeness (QED) is 0.580. The fourth-order valence-corrected chi connectivity index (χ4v) is 4.73. The molecule has 5 rings (SSSR count). The van der Waals surface area contributed by atoms with Crippen LogP contribution >= 0.6 is 0 Å². The summed E-state index contributed by atoms with van der Waals surface area (Å²) in [4.78, 5) is 39.2. The van der Waals surface area contributed by atoms with Gasteiger partial charge in [0.15, 0.2) is 0 Å². The highest BCUT2D eigenvalue weighted by atomic mass is 16.2. The Kier molecular flexibility index (Phi) is 5.60. The van der Waals surface area contributed by atoms with Gasteiger partial charge in [0.2, 0.25) is 5.91 Å². The van der Waals surface area contributed by atoms with Crippen LogP contribution in [0.15, 0.2) is 48.7 Å². The zero-order valence-electron chi connectivity index (χ0n) is 18.4. The normalized spacial score (nSPS) is 19.6. The molecule has 2 aromatic carbocycles. The van der Waals surface area contributed by atoms with E-state index in [1.807, 2.05) is 30.3 Å². The fourth-order valence-electron chi connectivity index (χ4n) is 4.73. The number of anilines is 1. The predicted molar refractivity (Wildman–Crippen MR) is 124 cm³/mol. The molecule has 33 heavy (non-hydrogen) atoms. The highest BCUT2D eigenvalue weighted by molar-refractivity contribution is 6.01. The molecule has 0 spiro atoms. The first-order chi connectivity index (χ1) is 16.0. The summed E-state index contributed by atoms with van der Waals surface area (Å²) in [6.07, 6.45) is 2.20. The van der Waals surface area contributed by atoms with Crippen molar-refractivity contribution in [1.29, 1.82) is 0 Å². The van der Waals surface area contributed by atoms with E-state index in [1.54, 1.807) is 11.0 Å². The van der Waals surface area contributed by atoms with Crippen LogP contribution in [0.5, 0.6) is 0 Å². The maximum atomic E-state index is 12.8. The summed E-state index contributed by atoms with van der Waals surface area (Å²) in [6.45, 7) is 6.34. The van der Waals surface area contributed by atoms with Gasteiger partial charge >= 0.3 is 6.03 Å². The van der Waals surface area contributed by atoms with Crippen LogP contribution in [0.2, 0.25) is 0 Å². The molecule has 0 aliphatic carbocycles. The van der Waals surface area contributed by atoms with Gasteiger partial charge in [-0.1, -0.05) is 24.8 Å². The zero-order chi connectivity index (χ0) is 22.9. The molecule has 4 amide bonds. The number of hydrogen-bond donors (Lipinski definition) is 4. The van der Waals surface area contributed by atoms with Gasteiger partial charge in [0.05, 0.1) is 0 Å². The number of fused-ring (bicyclic) bond motifs is 2. The van der Waals surface area contributed by atoms with E-state index in [0.29, 0.717) is 37.2 Å². The van der Waals surface area contributed by atoms with E-state index < -0.39 is 6.04 Å². The number of nitrogens with zero attached hydrogens (tertiary/aromatic N) is 1. The maximum Gasteiger partial charge on any atom is 0.319 e. The number of carbonyl (C=O) groups excluding carboxylic acids is 3. The van der Waals surface area contributed by atoms with Gasteiger partial charge in [-0.25, -0.2) is 4.79 Å². The van der Waals surface area contributed by atoms with Crippen LogP contribution in [0.25, 0.3) is 0 Å². The van der Waals surface area contributed by atoms with E-state index in [9.17, 15) is 14.4 Å². The number of amides is 4. The molecule has 2 aromatic rings. The van der Waals surface area contributed by atoms with Gasteiger partial charge in [0.1, 0.15) is 6.04 Å². The fraction of sp³-hybridized carbons (Fsp3) is 0.320. The van der Waals surface area contributed by atoms with Gasteiger partial charge in [-0.3, -0.25) is 9.59 Å². The summed E-state index contributed by atoms with van der Waals surface area (Å²) in [6, 6.07) is 10.8. The number of urea groups is 1. The Balaban J connectivity index is 1.19. The van der Waals surface area contributed by atoms with Crippen LogP contribution in [0.3, 0.4) is 0 Å². The van der Waals surface area contributed by atoms with Crippen LogP contribution in [0.4, 0.5) is 10.5 Å². The summed E-state index contributed by atoms with van der Waals surface area (Å²) in [5.74, 6) is -0.304. The minimum atomic E-state index is -0.477. The largest absolute Gasteiger partial charge is 0.334 e. The third kappa shape index (κ3) is 4.34. The second kappa shape index (κ2) is 8.71. The van der Waals surface area contributed by atoms with Crippen molar-refractivity contribution in [3.8, 4) is 0 Å². The summed E-state index contributed by atoms with van der Waals surface area (Å²) in [5.41, 5.74) is 6.39. The lowest BCUT2D eigenvalue weighted by molar-refractivity contribution is -0.126. The van der Waals surface area contributed by atoms with Crippen molar-refractivity contribution in [2.45, 2.75) is 44.9 Å². The predicted octanol–water partition coefficient (Wildman–Crippen LogP) is 2.40. The van der Waals surface area contributed by atoms with Crippen molar-refractivity contribution < 1.29 is 14.4 Å². The van der Waals surface area contributed by atoms with Crippen molar-refractivity contribution in [2.24, 2.45) is 0 Å². The number of rotatable bonds is 4. The number of carbonyl (C=O) groups is 3. The molecule has 3 heterocycles. The molecule has 3 aliphatic rings. The minimum absolute atomic E-state index is 0.127. The topological polar surface area (TPSA) is 103 Å². The van der Waals surface area contributed by atoms with E-state index in [1.165, 1.54) is 11.1 Å². The van der Waals surface area contributed by atoms with Crippen LogP contribution in [0, 0.1) is 0 Å². The third-order valence-corrected chi connectivity index (χ3v) is 6.50. The first-order valence-electron chi connectivity index (χ1n) is 11.3. The molecule has 170 valence electrons. The smallest absolute Gasteiger partial charge is 0.319 e. The SMILES string of the molecule is C=C1CCC(N2Cc3cc(CNC(=O)Nc4ccc5c(c4)CCNC5)ccc3C2=O)C(=O)N1. The summed E-state index contributed by atoms with van der Waals surface area (Å²) >= 11 is 0. The average Bonchev–Trinajstić information content (AvgIpc) is 3.13. The molecule has 0 bridgehead atoms. The van der Waals surface area contributed by atoms with Crippen LogP contribution in [0.1, 0.15) is 45.5 Å². The van der Waals surface area contributed by atoms with Gasteiger partial charge in [0.25, 0.3) is 5.91 Å². The molecule has 8 heteroatoms. The third-order valence-electron chi connectivity index (χ3n) is 6.50. The van der Waals surface area contributed by atoms with E-state index in [0.717, 1.165) is 36.3 Å². The van der Waals surface area contributed by atoms with E-state index >= 15 is 0 Å². The second-order valence-corrected chi connectivity index (χ2v) is 8.79. The Bertz CT molecular complexity index is 1160. The Morgan fingerprint density at radius 3 is 2.82 bits per heavy atom. The molecular formula is C25H27N5O3. The monoisotopic (exact) mass is 445 g/mol. The molecule has 0 radical (unpaired) electrons. The average molecular weight is 446 g/mol. The van der Waals surface area contributed by atoms with Gasteiger partial charge in [0, 0.05) is 36.6 Å². The van der Waals surface area contributed by atoms with Crippen molar-refractivity contribution in [2.75, 3.05) is 11.9 Å². The Labute approximate surface area is 192 Å². The highest BCUT2D eigenvalue weighted by Crippen LogP contribution is 2.29. The minimum Gasteiger partial charge on any atom is -0.334 e. The number of benzene rings is 2. The number of allylic oxidation sites excluding steroid dienone is 1.